The van der Waals surface area contributed by atoms with Crippen molar-refractivity contribution in [2.75, 3.05) is 13.2 Å². The van der Waals surface area contributed by atoms with Gasteiger partial charge < -0.3 is 19.7 Å². The van der Waals surface area contributed by atoms with Crippen LogP contribution in [0.1, 0.15) is 48.3 Å². The van der Waals surface area contributed by atoms with E-state index in [2.05, 4.69) is 5.32 Å². The lowest BCUT2D eigenvalue weighted by atomic mass is 9.99. The van der Waals surface area contributed by atoms with Gasteiger partial charge in [-0.3, -0.25) is 9.59 Å². The lowest BCUT2D eigenvalue weighted by molar-refractivity contribution is -0.127. The number of benzene rings is 3. The SMILES string of the molecule is CC(C)(C)NC(=O)[C@@H](c1ccc(F)cc1)N(Cc1ccccc1)C(=O)c1ccc2c(c1)OCCO2. The van der Waals surface area contributed by atoms with Crippen LogP contribution in [-0.4, -0.2) is 35.5 Å². The van der Waals surface area contributed by atoms with Crippen molar-refractivity contribution in [1.82, 2.24) is 10.2 Å². The van der Waals surface area contributed by atoms with Crippen molar-refractivity contribution in [3.63, 3.8) is 0 Å². The summed E-state index contributed by atoms with van der Waals surface area (Å²) in [4.78, 5) is 29.1. The molecule has 1 atom stereocenters. The molecular weight excluding hydrogens is 447 g/mol. The molecule has 0 fully saturated rings. The van der Waals surface area contributed by atoms with Crippen LogP contribution >= 0.6 is 0 Å². The minimum atomic E-state index is -0.990. The number of hydrogen-bond acceptors (Lipinski definition) is 4. The molecule has 35 heavy (non-hydrogen) atoms. The van der Waals surface area contributed by atoms with E-state index in [0.29, 0.717) is 35.8 Å². The van der Waals surface area contributed by atoms with E-state index in [0.717, 1.165) is 5.56 Å². The monoisotopic (exact) mass is 476 g/mol. The highest BCUT2D eigenvalue weighted by Crippen LogP contribution is 2.33. The van der Waals surface area contributed by atoms with Gasteiger partial charge >= 0.3 is 0 Å². The largest absolute Gasteiger partial charge is 0.486 e. The van der Waals surface area contributed by atoms with Crippen LogP contribution in [-0.2, 0) is 11.3 Å². The molecule has 0 unspecified atom stereocenters. The zero-order valence-corrected chi connectivity index (χ0v) is 20.1. The van der Waals surface area contributed by atoms with E-state index in [1.807, 2.05) is 51.1 Å². The Morgan fingerprint density at radius 2 is 1.60 bits per heavy atom. The van der Waals surface area contributed by atoms with Crippen LogP contribution < -0.4 is 14.8 Å². The Hall–Kier alpha value is -3.87. The van der Waals surface area contributed by atoms with E-state index in [4.69, 9.17) is 9.47 Å². The summed E-state index contributed by atoms with van der Waals surface area (Å²) in [6.07, 6.45) is 0. The molecule has 1 N–H and O–H groups in total. The Kier molecular flexibility index (Phi) is 7.05. The molecule has 3 aromatic rings. The Morgan fingerprint density at radius 3 is 2.26 bits per heavy atom. The molecule has 4 rings (SSSR count). The first kappa shape index (κ1) is 24.3. The van der Waals surface area contributed by atoms with E-state index < -0.39 is 17.4 Å². The maximum atomic E-state index is 14.0. The summed E-state index contributed by atoms with van der Waals surface area (Å²) in [5.74, 6) is -0.0751. The van der Waals surface area contributed by atoms with Gasteiger partial charge in [0, 0.05) is 17.6 Å². The number of carbonyl (C=O) groups excluding carboxylic acids is 2. The average Bonchev–Trinajstić information content (AvgIpc) is 2.83. The van der Waals surface area contributed by atoms with Crippen molar-refractivity contribution >= 4 is 11.8 Å². The molecule has 1 aliphatic heterocycles. The Bertz CT molecular complexity index is 1190. The molecule has 0 aliphatic carbocycles. The second kappa shape index (κ2) is 10.2. The maximum Gasteiger partial charge on any atom is 0.255 e. The summed E-state index contributed by atoms with van der Waals surface area (Å²) in [6.45, 7) is 6.63. The fraction of sp³-hybridized carbons (Fsp3) is 0.286. The zero-order chi connectivity index (χ0) is 25.0. The van der Waals surface area contributed by atoms with Gasteiger partial charge in [0.2, 0.25) is 5.91 Å². The van der Waals surface area contributed by atoms with Crippen molar-refractivity contribution in [2.45, 2.75) is 38.9 Å². The molecule has 6 nitrogen and oxygen atoms in total. The van der Waals surface area contributed by atoms with Gasteiger partial charge in [-0.1, -0.05) is 42.5 Å². The molecule has 0 saturated carbocycles. The highest BCUT2D eigenvalue weighted by atomic mass is 19.1. The van der Waals surface area contributed by atoms with Crippen LogP contribution in [0.2, 0.25) is 0 Å². The van der Waals surface area contributed by atoms with Crippen LogP contribution in [0, 0.1) is 5.82 Å². The quantitative estimate of drug-likeness (QED) is 0.550. The number of halogens is 1. The average molecular weight is 477 g/mol. The van der Waals surface area contributed by atoms with Crippen molar-refractivity contribution in [3.8, 4) is 11.5 Å². The van der Waals surface area contributed by atoms with Crippen LogP contribution in [0.4, 0.5) is 4.39 Å². The third-order valence-corrected chi connectivity index (χ3v) is 5.49. The topological polar surface area (TPSA) is 67.9 Å². The standard InChI is InChI=1S/C28H29FN2O4/c1-28(2,3)30-26(32)25(20-9-12-22(29)13-10-20)31(18-19-7-5-4-6-8-19)27(33)21-11-14-23-24(17-21)35-16-15-34-23/h4-14,17,25H,15-16,18H2,1-3H3,(H,30,32)/t25-/m1/s1. The van der Waals surface area contributed by atoms with E-state index in [1.54, 1.807) is 18.2 Å². The summed E-state index contributed by atoms with van der Waals surface area (Å²) >= 11 is 0. The number of amides is 2. The minimum Gasteiger partial charge on any atom is -0.486 e. The molecule has 0 saturated heterocycles. The lowest BCUT2D eigenvalue weighted by Gasteiger charge is -2.34. The first-order valence-corrected chi connectivity index (χ1v) is 11.5. The van der Waals surface area contributed by atoms with Crippen LogP contribution in [0.3, 0.4) is 0 Å². The molecule has 3 aromatic carbocycles. The van der Waals surface area contributed by atoms with Gasteiger partial charge in [0.15, 0.2) is 11.5 Å². The summed E-state index contributed by atoms with van der Waals surface area (Å²) < 4.78 is 25.0. The summed E-state index contributed by atoms with van der Waals surface area (Å²) in [7, 11) is 0. The van der Waals surface area contributed by atoms with Crippen molar-refractivity contribution in [1.29, 1.82) is 0 Å². The molecule has 1 heterocycles. The molecule has 182 valence electrons. The van der Waals surface area contributed by atoms with E-state index in [9.17, 15) is 14.0 Å². The third-order valence-electron chi connectivity index (χ3n) is 5.49. The van der Waals surface area contributed by atoms with Gasteiger partial charge in [-0.25, -0.2) is 4.39 Å². The molecule has 2 amide bonds. The number of fused-ring (bicyclic) bond motifs is 1. The summed E-state index contributed by atoms with van der Waals surface area (Å²) in [5.41, 5.74) is 1.19. The molecule has 0 radical (unpaired) electrons. The number of nitrogens with one attached hydrogen (secondary N) is 1. The van der Waals surface area contributed by atoms with Gasteiger partial charge in [0.25, 0.3) is 5.91 Å². The molecule has 1 aliphatic rings. The van der Waals surface area contributed by atoms with Crippen molar-refractivity contribution < 1.29 is 23.5 Å². The predicted molar refractivity (Wildman–Crippen MR) is 131 cm³/mol. The summed E-state index contributed by atoms with van der Waals surface area (Å²) in [5, 5.41) is 2.98. The number of rotatable bonds is 6. The molecule has 0 bridgehead atoms. The van der Waals surface area contributed by atoms with Crippen molar-refractivity contribution in [2.24, 2.45) is 0 Å². The van der Waals surface area contributed by atoms with E-state index in [1.165, 1.54) is 29.2 Å². The van der Waals surface area contributed by atoms with Gasteiger partial charge in [0.05, 0.1) is 0 Å². The highest BCUT2D eigenvalue weighted by molar-refractivity contribution is 5.98. The number of nitrogens with zero attached hydrogens (tertiary/aromatic N) is 1. The number of ether oxygens (including phenoxy) is 2. The maximum absolute atomic E-state index is 14.0. The highest BCUT2D eigenvalue weighted by Gasteiger charge is 2.34. The van der Waals surface area contributed by atoms with Gasteiger partial charge in [-0.2, -0.15) is 0 Å². The zero-order valence-electron chi connectivity index (χ0n) is 20.1. The second-order valence-corrected chi connectivity index (χ2v) is 9.47. The molecule has 0 spiro atoms. The fourth-order valence-electron chi connectivity index (χ4n) is 3.96. The van der Waals surface area contributed by atoms with Gasteiger partial charge in [-0.15, -0.1) is 0 Å². The van der Waals surface area contributed by atoms with Crippen LogP contribution in [0.15, 0.2) is 72.8 Å². The Morgan fingerprint density at radius 1 is 0.943 bits per heavy atom. The molecule has 7 heteroatoms. The molecular formula is C28H29FN2O4. The Labute approximate surface area is 204 Å². The fourth-order valence-corrected chi connectivity index (χ4v) is 3.96. The second-order valence-electron chi connectivity index (χ2n) is 9.47. The first-order valence-electron chi connectivity index (χ1n) is 11.5. The third kappa shape index (κ3) is 5.98. The number of carbonyl (C=O) groups is 2. The first-order chi connectivity index (χ1) is 16.7. The minimum absolute atomic E-state index is 0.174. The van der Waals surface area contributed by atoms with Gasteiger partial charge in [-0.05, 0) is 62.2 Å². The number of hydrogen-bond donors (Lipinski definition) is 1. The van der Waals surface area contributed by atoms with Gasteiger partial charge in [0.1, 0.15) is 25.1 Å². The smallest absolute Gasteiger partial charge is 0.255 e. The van der Waals surface area contributed by atoms with E-state index in [-0.39, 0.29) is 18.4 Å². The normalized spacial score (nSPS) is 13.6. The predicted octanol–water partition coefficient (Wildman–Crippen LogP) is 4.90. The van der Waals surface area contributed by atoms with E-state index >= 15 is 0 Å². The molecule has 0 aromatic heterocycles. The summed E-state index contributed by atoms with van der Waals surface area (Å²) in [6, 6.07) is 19.1. The van der Waals surface area contributed by atoms with Crippen molar-refractivity contribution in [3.05, 3.63) is 95.3 Å². The Balaban J connectivity index is 1.79. The lowest BCUT2D eigenvalue weighted by Crippen LogP contribution is -2.49. The van der Waals surface area contributed by atoms with Crippen LogP contribution in [0.25, 0.3) is 0 Å². The van der Waals surface area contributed by atoms with Crippen LogP contribution in [0.5, 0.6) is 11.5 Å².